The molecule has 1 amide bonds. The van der Waals surface area contributed by atoms with Crippen molar-refractivity contribution in [1.29, 1.82) is 0 Å². The van der Waals surface area contributed by atoms with Crippen LogP contribution in [-0.2, 0) is 9.53 Å². The van der Waals surface area contributed by atoms with Crippen LogP contribution in [0.2, 0.25) is 0 Å². The second-order valence-corrected chi connectivity index (χ2v) is 10.6. The standard InChI is InChI=1S/C31H32N6O5S/c1-18-14-21(9-11-24(18)33-28(38)17-41-4)36-30(29(34-31(36)43)25-8-6-7-13-32-25)23-15-19(2)35(20(23)3)26-16-22(37(39)40)10-12-27(26)42-5/h6-16,29-30H,17H2,1-5H3,(H,33,38)(H,34,43)/t29-,30-/m1/s1. The van der Waals surface area contributed by atoms with Crippen molar-refractivity contribution in [2.24, 2.45) is 0 Å². The van der Waals surface area contributed by atoms with Gasteiger partial charge in [-0.15, -0.1) is 0 Å². The van der Waals surface area contributed by atoms with Crippen LogP contribution in [0, 0.1) is 30.9 Å². The molecule has 5 rings (SSSR count). The number of nitrogens with zero attached hydrogens (tertiary/aromatic N) is 4. The van der Waals surface area contributed by atoms with E-state index in [1.807, 2.05) is 61.7 Å². The van der Waals surface area contributed by atoms with E-state index in [9.17, 15) is 14.9 Å². The summed E-state index contributed by atoms with van der Waals surface area (Å²) in [5.41, 5.74) is 6.43. The maximum atomic E-state index is 12.2. The van der Waals surface area contributed by atoms with E-state index in [2.05, 4.69) is 26.6 Å². The number of carbonyl (C=O) groups is 1. The van der Waals surface area contributed by atoms with Crippen LogP contribution in [0.25, 0.3) is 5.69 Å². The Kier molecular flexibility index (Phi) is 8.42. The number of carbonyl (C=O) groups excluding carboxylic acids is 1. The Labute approximate surface area is 254 Å². The van der Waals surface area contributed by atoms with Gasteiger partial charge in [0.05, 0.1) is 35.5 Å². The van der Waals surface area contributed by atoms with Crippen molar-refractivity contribution in [3.05, 3.63) is 105 Å². The lowest BCUT2D eigenvalue weighted by molar-refractivity contribution is -0.384. The summed E-state index contributed by atoms with van der Waals surface area (Å²) in [5, 5.41) is 18.5. The minimum absolute atomic E-state index is 0.0327. The number of pyridine rings is 1. The molecule has 0 spiro atoms. The van der Waals surface area contributed by atoms with E-state index >= 15 is 0 Å². The molecule has 0 bridgehead atoms. The van der Waals surface area contributed by atoms with Crippen LogP contribution in [0.1, 0.15) is 40.3 Å². The van der Waals surface area contributed by atoms with Gasteiger partial charge in [-0.1, -0.05) is 6.07 Å². The van der Waals surface area contributed by atoms with Gasteiger partial charge in [-0.25, -0.2) is 0 Å². The first-order valence-electron chi connectivity index (χ1n) is 13.6. The summed E-state index contributed by atoms with van der Waals surface area (Å²) in [6.45, 7) is 5.82. The van der Waals surface area contributed by atoms with Crippen molar-refractivity contribution in [1.82, 2.24) is 14.9 Å². The van der Waals surface area contributed by atoms with Crippen molar-refractivity contribution in [3.8, 4) is 11.4 Å². The summed E-state index contributed by atoms with van der Waals surface area (Å²) in [6.07, 6.45) is 1.75. The number of non-ortho nitro benzene ring substituents is 1. The molecule has 43 heavy (non-hydrogen) atoms. The lowest BCUT2D eigenvalue weighted by Crippen LogP contribution is -2.29. The van der Waals surface area contributed by atoms with Gasteiger partial charge in [0, 0.05) is 48.2 Å². The zero-order valence-corrected chi connectivity index (χ0v) is 25.3. The normalized spacial score (nSPS) is 16.2. The highest BCUT2D eigenvalue weighted by atomic mass is 32.1. The number of hydrogen-bond donors (Lipinski definition) is 2. The summed E-state index contributed by atoms with van der Waals surface area (Å²) >= 11 is 5.92. The molecule has 2 N–H and O–H groups in total. The van der Waals surface area contributed by atoms with Gasteiger partial charge >= 0.3 is 0 Å². The van der Waals surface area contributed by atoms with Crippen LogP contribution in [0.4, 0.5) is 17.1 Å². The Balaban J connectivity index is 1.65. The summed E-state index contributed by atoms with van der Waals surface area (Å²) in [6, 6.07) is 17.5. The molecule has 0 saturated carbocycles. The fourth-order valence-electron chi connectivity index (χ4n) is 5.63. The van der Waals surface area contributed by atoms with Gasteiger partial charge in [-0.3, -0.25) is 19.9 Å². The predicted molar refractivity (Wildman–Crippen MR) is 168 cm³/mol. The number of benzene rings is 2. The van der Waals surface area contributed by atoms with E-state index < -0.39 is 4.92 Å². The third-order valence-electron chi connectivity index (χ3n) is 7.54. The predicted octanol–water partition coefficient (Wildman–Crippen LogP) is 5.48. The maximum absolute atomic E-state index is 12.2. The van der Waals surface area contributed by atoms with Crippen LogP contribution in [0.15, 0.2) is 66.9 Å². The number of nitro benzene ring substituents is 1. The third kappa shape index (κ3) is 5.66. The van der Waals surface area contributed by atoms with Crippen molar-refractivity contribution >= 4 is 40.3 Å². The molecule has 0 aliphatic carbocycles. The van der Waals surface area contributed by atoms with Gasteiger partial charge in [0.15, 0.2) is 5.11 Å². The number of amides is 1. The summed E-state index contributed by atoms with van der Waals surface area (Å²) in [4.78, 5) is 30.1. The molecule has 222 valence electrons. The molecule has 0 unspecified atom stereocenters. The van der Waals surface area contributed by atoms with Gasteiger partial charge in [0.2, 0.25) is 5.91 Å². The second-order valence-electron chi connectivity index (χ2n) is 10.3. The molecule has 1 aliphatic heterocycles. The zero-order chi connectivity index (χ0) is 30.8. The molecule has 2 aromatic carbocycles. The first kappa shape index (κ1) is 29.7. The Morgan fingerprint density at radius 1 is 1.12 bits per heavy atom. The van der Waals surface area contributed by atoms with E-state index in [1.165, 1.54) is 19.2 Å². The molecule has 3 heterocycles. The number of thiocarbonyl (C=S) groups is 1. The molecular weight excluding hydrogens is 568 g/mol. The van der Waals surface area contributed by atoms with Crippen LogP contribution in [-0.4, -0.2) is 46.3 Å². The number of nitrogens with one attached hydrogen (secondary N) is 2. The fourth-order valence-corrected chi connectivity index (χ4v) is 5.97. The van der Waals surface area contributed by atoms with Crippen molar-refractivity contribution in [2.75, 3.05) is 31.0 Å². The fraction of sp³-hybridized carbons (Fsp3) is 0.258. The maximum Gasteiger partial charge on any atom is 0.271 e. The summed E-state index contributed by atoms with van der Waals surface area (Å²) in [5.74, 6) is 0.271. The van der Waals surface area contributed by atoms with Crippen LogP contribution < -0.4 is 20.3 Å². The van der Waals surface area contributed by atoms with Gasteiger partial charge in [0.1, 0.15) is 12.4 Å². The highest BCUT2D eigenvalue weighted by Gasteiger charge is 2.42. The van der Waals surface area contributed by atoms with Crippen molar-refractivity contribution in [3.63, 3.8) is 0 Å². The molecule has 2 atom stereocenters. The van der Waals surface area contributed by atoms with E-state index in [-0.39, 0.29) is 30.3 Å². The average molecular weight is 601 g/mol. The molecule has 12 heteroatoms. The number of ether oxygens (including phenoxy) is 2. The topological polar surface area (TPSA) is 124 Å². The molecule has 1 fully saturated rings. The Morgan fingerprint density at radius 3 is 2.56 bits per heavy atom. The lowest BCUT2D eigenvalue weighted by Gasteiger charge is -2.29. The highest BCUT2D eigenvalue weighted by Crippen LogP contribution is 2.45. The largest absolute Gasteiger partial charge is 0.495 e. The van der Waals surface area contributed by atoms with Crippen LogP contribution in [0.5, 0.6) is 5.75 Å². The third-order valence-corrected chi connectivity index (χ3v) is 7.85. The number of rotatable bonds is 9. The Bertz CT molecular complexity index is 1710. The smallest absolute Gasteiger partial charge is 0.271 e. The van der Waals surface area contributed by atoms with Gasteiger partial charge in [-0.2, -0.15) is 0 Å². The molecule has 4 aromatic rings. The number of anilines is 2. The van der Waals surface area contributed by atoms with E-state index in [0.717, 1.165) is 33.9 Å². The summed E-state index contributed by atoms with van der Waals surface area (Å²) < 4.78 is 12.5. The minimum Gasteiger partial charge on any atom is -0.495 e. The summed E-state index contributed by atoms with van der Waals surface area (Å²) in [7, 11) is 3.02. The quantitative estimate of drug-likeness (QED) is 0.146. The molecule has 2 aromatic heterocycles. The SMILES string of the molecule is COCC(=O)Nc1ccc(N2C(=S)N[C@H](c3ccccn3)[C@H]2c2cc(C)n(-c3cc([N+](=O)[O-])ccc3OC)c2C)cc1C. The monoisotopic (exact) mass is 600 g/mol. The van der Waals surface area contributed by atoms with E-state index in [1.54, 1.807) is 19.4 Å². The second kappa shape index (κ2) is 12.2. The number of aryl methyl sites for hydroxylation is 2. The minimum atomic E-state index is -0.417. The lowest BCUT2D eigenvalue weighted by atomic mass is 9.96. The van der Waals surface area contributed by atoms with Gasteiger partial charge in [-0.05, 0) is 86.6 Å². The van der Waals surface area contributed by atoms with Crippen LogP contribution in [0.3, 0.4) is 0 Å². The molecule has 0 radical (unpaired) electrons. The first-order chi connectivity index (χ1) is 20.6. The Morgan fingerprint density at radius 2 is 1.91 bits per heavy atom. The molecular formula is C31H32N6O5S. The van der Waals surface area contributed by atoms with E-state index in [0.29, 0.717) is 22.2 Å². The molecule has 1 aliphatic rings. The first-order valence-corrected chi connectivity index (χ1v) is 14.0. The number of nitro groups is 1. The number of hydrogen-bond acceptors (Lipinski definition) is 7. The van der Waals surface area contributed by atoms with Crippen molar-refractivity contribution in [2.45, 2.75) is 32.9 Å². The van der Waals surface area contributed by atoms with Crippen LogP contribution >= 0.6 is 12.2 Å². The van der Waals surface area contributed by atoms with Crippen molar-refractivity contribution < 1.29 is 19.2 Å². The molecule has 1 saturated heterocycles. The molecule has 11 nitrogen and oxygen atoms in total. The van der Waals surface area contributed by atoms with Gasteiger partial charge < -0.3 is 29.6 Å². The van der Waals surface area contributed by atoms with Gasteiger partial charge in [0.25, 0.3) is 5.69 Å². The number of methoxy groups -OCH3 is 2. The zero-order valence-electron chi connectivity index (χ0n) is 24.5. The highest BCUT2D eigenvalue weighted by molar-refractivity contribution is 7.80. The number of aromatic nitrogens is 2. The Hall–Kier alpha value is -4.81. The van der Waals surface area contributed by atoms with E-state index in [4.69, 9.17) is 21.7 Å². The average Bonchev–Trinajstić information content (AvgIpc) is 3.48.